The SMILES string of the molecule is COc1cccc(C(O)CNC(C)c2cnn(C(C)C)c2)c1. The van der Waals surface area contributed by atoms with Crippen LogP contribution >= 0.6 is 0 Å². The van der Waals surface area contributed by atoms with Gasteiger partial charge in [0, 0.05) is 30.4 Å². The molecule has 2 aromatic rings. The third-order valence-electron chi connectivity index (χ3n) is 3.75. The van der Waals surface area contributed by atoms with Gasteiger partial charge in [-0.1, -0.05) is 12.1 Å². The molecular formula is C17H25N3O2. The third-order valence-corrected chi connectivity index (χ3v) is 3.75. The third kappa shape index (κ3) is 4.08. The zero-order valence-electron chi connectivity index (χ0n) is 13.7. The normalized spacial score (nSPS) is 14.1. The molecule has 2 atom stereocenters. The van der Waals surface area contributed by atoms with E-state index >= 15 is 0 Å². The average Bonchev–Trinajstić information content (AvgIpc) is 3.02. The smallest absolute Gasteiger partial charge is 0.119 e. The van der Waals surface area contributed by atoms with Crippen molar-refractivity contribution in [1.29, 1.82) is 0 Å². The molecule has 0 saturated carbocycles. The molecule has 0 aliphatic carbocycles. The van der Waals surface area contributed by atoms with Crippen LogP contribution in [-0.4, -0.2) is 28.5 Å². The predicted octanol–water partition coefficient (Wildman–Crippen LogP) is 2.86. The van der Waals surface area contributed by atoms with Crippen molar-refractivity contribution >= 4 is 0 Å². The van der Waals surface area contributed by atoms with E-state index in [1.54, 1.807) is 7.11 Å². The maximum absolute atomic E-state index is 10.3. The van der Waals surface area contributed by atoms with Crippen molar-refractivity contribution in [3.05, 3.63) is 47.8 Å². The van der Waals surface area contributed by atoms with Crippen molar-refractivity contribution in [2.45, 2.75) is 39.0 Å². The predicted molar refractivity (Wildman–Crippen MR) is 87.0 cm³/mol. The maximum Gasteiger partial charge on any atom is 0.119 e. The fourth-order valence-corrected chi connectivity index (χ4v) is 2.23. The van der Waals surface area contributed by atoms with Crippen molar-refractivity contribution in [3.63, 3.8) is 0 Å². The second-order valence-corrected chi connectivity index (χ2v) is 5.77. The van der Waals surface area contributed by atoms with Crippen LogP contribution in [0.5, 0.6) is 5.75 Å². The van der Waals surface area contributed by atoms with E-state index in [-0.39, 0.29) is 6.04 Å². The Labute approximate surface area is 131 Å². The topological polar surface area (TPSA) is 59.3 Å². The molecule has 5 nitrogen and oxygen atoms in total. The van der Waals surface area contributed by atoms with Gasteiger partial charge in [-0.25, -0.2) is 0 Å². The summed E-state index contributed by atoms with van der Waals surface area (Å²) >= 11 is 0. The van der Waals surface area contributed by atoms with Gasteiger partial charge >= 0.3 is 0 Å². The number of hydrogen-bond acceptors (Lipinski definition) is 4. The molecule has 0 fully saturated rings. The summed E-state index contributed by atoms with van der Waals surface area (Å²) in [6.07, 6.45) is 3.34. The molecule has 0 aliphatic rings. The molecule has 0 bridgehead atoms. The van der Waals surface area contributed by atoms with Crippen molar-refractivity contribution < 1.29 is 9.84 Å². The lowest BCUT2D eigenvalue weighted by molar-refractivity contribution is 0.170. The van der Waals surface area contributed by atoms with Crippen LogP contribution in [0.2, 0.25) is 0 Å². The summed E-state index contributed by atoms with van der Waals surface area (Å²) in [5.74, 6) is 0.753. The molecule has 2 unspecified atom stereocenters. The second-order valence-electron chi connectivity index (χ2n) is 5.77. The van der Waals surface area contributed by atoms with Crippen LogP contribution in [0.25, 0.3) is 0 Å². The van der Waals surface area contributed by atoms with Gasteiger partial charge in [0.05, 0.1) is 19.4 Å². The number of aromatic nitrogens is 2. The minimum absolute atomic E-state index is 0.132. The fraction of sp³-hybridized carbons (Fsp3) is 0.471. The zero-order chi connectivity index (χ0) is 16.1. The molecule has 0 aliphatic heterocycles. The zero-order valence-corrected chi connectivity index (χ0v) is 13.7. The average molecular weight is 303 g/mol. The molecule has 2 N–H and O–H groups in total. The van der Waals surface area contributed by atoms with E-state index in [0.29, 0.717) is 12.6 Å². The molecule has 22 heavy (non-hydrogen) atoms. The van der Waals surface area contributed by atoms with Gasteiger partial charge in [-0.15, -0.1) is 0 Å². The first kappa shape index (κ1) is 16.5. The lowest BCUT2D eigenvalue weighted by Gasteiger charge is -2.17. The standard InChI is InChI=1S/C17H25N3O2/c1-12(2)20-11-15(9-19-20)13(3)18-10-17(21)14-6-5-7-16(8-14)22-4/h5-9,11-13,17-18,21H,10H2,1-4H3. The van der Waals surface area contributed by atoms with Crippen molar-refractivity contribution in [2.75, 3.05) is 13.7 Å². The largest absolute Gasteiger partial charge is 0.497 e. The highest BCUT2D eigenvalue weighted by Gasteiger charge is 2.13. The Morgan fingerprint density at radius 1 is 1.27 bits per heavy atom. The number of aliphatic hydroxyl groups is 1. The minimum Gasteiger partial charge on any atom is -0.497 e. The first-order valence-electron chi connectivity index (χ1n) is 7.60. The number of nitrogens with zero attached hydrogens (tertiary/aromatic N) is 2. The van der Waals surface area contributed by atoms with Gasteiger partial charge in [0.2, 0.25) is 0 Å². The Morgan fingerprint density at radius 2 is 2.05 bits per heavy atom. The Hall–Kier alpha value is -1.85. The monoisotopic (exact) mass is 303 g/mol. The second kappa shape index (κ2) is 7.42. The van der Waals surface area contributed by atoms with Crippen LogP contribution in [-0.2, 0) is 0 Å². The van der Waals surface area contributed by atoms with E-state index in [1.807, 2.05) is 41.3 Å². The summed E-state index contributed by atoms with van der Waals surface area (Å²) in [6, 6.07) is 7.99. The fourth-order valence-electron chi connectivity index (χ4n) is 2.23. The van der Waals surface area contributed by atoms with E-state index < -0.39 is 6.10 Å². The number of nitrogens with one attached hydrogen (secondary N) is 1. The van der Waals surface area contributed by atoms with E-state index in [4.69, 9.17) is 4.74 Å². The van der Waals surface area contributed by atoms with Crippen molar-refractivity contribution in [1.82, 2.24) is 15.1 Å². The van der Waals surface area contributed by atoms with E-state index in [2.05, 4.69) is 31.2 Å². The van der Waals surface area contributed by atoms with E-state index in [1.165, 1.54) is 0 Å². The van der Waals surface area contributed by atoms with Crippen molar-refractivity contribution in [2.24, 2.45) is 0 Å². The van der Waals surface area contributed by atoms with Crippen LogP contribution in [0.3, 0.4) is 0 Å². The number of ether oxygens (including phenoxy) is 1. The molecule has 1 heterocycles. The Morgan fingerprint density at radius 3 is 2.68 bits per heavy atom. The molecule has 1 aromatic carbocycles. The summed E-state index contributed by atoms with van der Waals surface area (Å²) in [6.45, 7) is 6.74. The minimum atomic E-state index is -0.572. The van der Waals surface area contributed by atoms with Gasteiger partial charge in [-0.05, 0) is 38.5 Å². The highest BCUT2D eigenvalue weighted by atomic mass is 16.5. The lowest BCUT2D eigenvalue weighted by Crippen LogP contribution is -2.24. The van der Waals surface area contributed by atoms with Gasteiger partial charge in [0.1, 0.15) is 5.75 Å². The maximum atomic E-state index is 10.3. The van der Waals surface area contributed by atoms with Crippen LogP contribution in [0.15, 0.2) is 36.7 Å². The molecule has 0 spiro atoms. The summed E-state index contributed by atoms with van der Waals surface area (Å²) in [7, 11) is 1.62. The number of methoxy groups -OCH3 is 1. The van der Waals surface area contributed by atoms with E-state index in [0.717, 1.165) is 16.9 Å². The summed E-state index contributed by atoms with van der Waals surface area (Å²) < 4.78 is 7.12. The molecule has 120 valence electrons. The number of hydrogen-bond donors (Lipinski definition) is 2. The first-order valence-corrected chi connectivity index (χ1v) is 7.60. The van der Waals surface area contributed by atoms with E-state index in [9.17, 15) is 5.11 Å². The number of rotatable bonds is 7. The Kier molecular flexibility index (Phi) is 5.57. The summed E-state index contributed by atoms with van der Waals surface area (Å²) in [5, 5.41) is 18.0. The highest BCUT2D eigenvalue weighted by molar-refractivity contribution is 5.30. The van der Waals surface area contributed by atoms with Crippen LogP contribution in [0.1, 0.15) is 50.1 Å². The Bertz CT molecular complexity index is 595. The van der Waals surface area contributed by atoms with Gasteiger partial charge in [0.15, 0.2) is 0 Å². The quantitative estimate of drug-likeness (QED) is 0.826. The van der Waals surface area contributed by atoms with Crippen molar-refractivity contribution in [3.8, 4) is 5.75 Å². The molecule has 2 rings (SSSR count). The molecule has 1 aromatic heterocycles. The first-order chi connectivity index (χ1) is 10.5. The number of aliphatic hydroxyl groups excluding tert-OH is 1. The summed E-state index contributed by atoms with van der Waals surface area (Å²) in [5.41, 5.74) is 1.96. The van der Waals surface area contributed by atoms with Crippen LogP contribution in [0.4, 0.5) is 0 Å². The Balaban J connectivity index is 1.93. The molecule has 0 radical (unpaired) electrons. The lowest BCUT2D eigenvalue weighted by atomic mass is 10.1. The molecule has 0 saturated heterocycles. The molecule has 5 heteroatoms. The van der Waals surface area contributed by atoms with Gasteiger partial charge in [0.25, 0.3) is 0 Å². The highest BCUT2D eigenvalue weighted by Crippen LogP contribution is 2.20. The van der Waals surface area contributed by atoms with Gasteiger partial charge < -0.3 is 15.2 Å². The molecule has 0 amide bonds. The van der Waals surface area contributed by atoms with Crippen LogP contribution in [0, 0.1) is 0 Å². The van der Waals surface area contributed by atoms with Gasteiger partial charge in [-0.2, -0.15) is 5.10 Å². The molecular weight excluding hydrogens is 278 g/mol. The van der Waals surface area contributed by atoms with Crippen LogP contribution < -0.4 is 10.1 Å². The van der Waals surface area contributed by atoms with Gasteiger partial charge in [-0.3, -0.25) is 4.68 Å². The number of benzene rings is 1. The summed E-state index contributed by atoms with van der Waals surface area (Å²) in [4.78, 5) is 0.